The first-order chi connectivity index (χ1) is 5.70. The number of rotatable bonds is 1. The van der Waals surface area contributed by atoms with Gasteiger partial charge in [0.2, 0.25) is 0 Å². The van der Waals surface area contributed by atoms with Gasteiger partial charge in [-0.2, -0.15) is 5.26 Å². The summed E-state index contributed by atoms with van der Waals surface area (Å²) in [5.41, 5.74) is 6.17. The van der Waals surface area contributed by atoms with Crippen LogP contribution < -0.4 is 10.5 Å². The molecule has 4 heteroatoms. The standard InChI is InChI=1S/C8H7ClN2O/c1-12-8-5(4-10)7(11)3-2-6(8)9/h2-3H,11H2,1H3. The highest BCUT2D eigenvalue weighted by Crippen LogP contribution is 2.31. The minimum Gasteiger partial charge on any atom is -0.494 e. The van der Waals surface area contributed by atoms with Crippen LogP contribution in [-0.2, 0) is 0 Å². The van der Waals surface area contributed by atoms with E-state index in [1.54, 1.807) is 12.1 Å². The van der Waals surface area contributed by atoms with Gasteiger partial charge in [0, 0.05) is 0 Å². The second-order valence-electron chi connectivity index (χ2n) is 2.16. The average Bonchev–Trinajstić information content (AvgIpc) is 2.08. The van der Waals surface area contributed by atoms with E-state index in [0.29, 0.717) is 16.5 Å². The zero-order chi connectivity index (χ0) is 9.14. The van der Waals surface area contributed by atoms with E-state index in [9.17, 15) is 0 Å². The fourth-order valence-corrected chi connectivity index (χ4v) is 1.12. The van der Waals surface area contributed by atoms with E-state index in [0.717, 1.165) is 0 Å². The Morgan fingerprint density at radius 3 is 2.67 bits per heavy atom. The lowest BCUT2D eigenvalue weighted by Crippen LogP contribution is -1.95. The first-order valence-electron chi connectivity index (χ1n) is 3.22. The second-order valence-corrected chi connectivity index (χ2v) is 2.56. The molecule has 62 valence electrons. The molecule has 0 aliphatic carbocycles. The zero-order valence-corrected chi connectivity index (χ0v) is 7.22. The van der Waals surface area contributed by atoms with Gasteiger partial charge >= 0.3 is 0 Å². The lowest BCUT2D eigenvalue weighted by atomic mass is 10.2. The monoisotopic (exact) mass is 182 g/mol. The topological polar surface area (TPSA) is 59.0 Å². The van der Waals surface area contributed by atoms with Crippen LogP contribution in [0, 0.1) is 11.3 Å². The van der Waals surface area contributed by atoms with Gasteiger partial charge in [-0.15, -0.1) is 0 Å². The highest BCUT2D eigenvalue weighted by molar-refractivity contribution is 6.32. The first kappa shape index (κ1) is 8.69. The van der Waals surface area contributed by atoms with Gasteiger partial charge in [-0.05, 0) is 12.1 Å². The van der Waals surface area contributed by atoms with E-state index in [4.69, 9.17) is 27.3 Å². The Labute approximate surface area is 75.3 Å². The summed E-state index contributed by atoms with van der Waals surface area (Å²) in [6.45, 7) is 0. The van der Waals surface area contributed by atoms with Crippen molar-refractivity contribution in [1.82, 2.24) is 0 Å². The maximum Gasteiger partial charge on any atom is 0.157 e. The van der Waals surface area contributed by atoms with Crippen LogP contribution in [0.2, 0.25) is 5.02 Å². The maximum absolute atomic E-state index is 8.69. The number of halogens is 1. The molecule has 0 saturated heterocycles. The molecule has 1 rings (SSSR count). The molecule has 1 aromatic carbocycles. The summed E-state index contributed by atoms with van der Waals surface area (Å²) in [5, 5.41) is 9.08. The van der Waals surface area contributed by atoms with Gasteiger partial charge in [0.15, 0.2) is 5.75 Å². The van der Waals surface area contributed by atoms with Crippen LogP contribution in [0.25, 0.3) is 0 Å². The number of anilines is 1. The summed E-state index contributed by atoms with van der Waals surface area (Å²) in [6, 6.07) is 5.09. The molecule has 0 heterocycles. The van der Waals surface area contributed by atoms with E-state index in [-0.39, 0.29) is 5.56 Å². The summed E-state index contributed by atoms with van der Waals surface area (Å²) < 4.78 is 4.91. The second kappa shape index (κ2) is 3.33. The molecular weight excluding hydrogens is 176 g/mol. The summed E-state index contributed by atoms with van der Waals surface area (Å²) in [4.78, 5) is 0. The van der Waals surface area contributed by atoms with E-state index in [1.807, 2.05) is 6.07 Å². The molecule has 12 heavy (non-hydrogen) atoms. The highest BCUT2D eigenvalue weighted by Gasteiger charge is 2.09. The fraction of sp³-hybridized carbons (Fsp3) is 0.125. The van der Waals surface area contributed by atoms with Crippen molar-refractivity contribution in [3.05, 3.63) is 22.7 Å². The van der Waals surface area contributed by atoms with Gasteiger partial charge in [-0.1, -0.05) is 11.6 Å². The number of nitrogens with two attached hydrogens (primary N) is 1. The predicted molar refractivity (Wildman–Crippen MR) is 47.1 cm³/mol. The Bertz CT molecular complexity index is 344. The van der Waals surface area contributed by atoms with Gasteiger partial charge in [-0.25, -0.2) is 0 Å². The molecule has 0 fully saturated rings. The first-order valence-corrected chi connectivity index (χ1v) is 3.60. The van der Waals surface area contributed by atoms with Crippen LogP contribution in [0.15, 0.2) is 12.1 Å². The number of nitrogen functional groups attached to an aromatic ring is 1. The summed E-state index contributed by atoms with van der Waals surface area (Å²) in [5.74, 6) is 0.333. The molecule has 0 radical (unpaired) electrons. The minimum absolute atomic E-state index is 0.282. The van der Waals surface area contributed by atoms with Crippen LogP contribution >= 0.6 is 11.6 Å². The van der Waals surface area contributed by atoms with Crippen molar-refractivity contribution >= 4 is 17.3 Å². The predicted octanol–water partition coefficient (Wildman–Crippen LogP) is 1.80. The average molecular weight is 183 g/mol. The Morgan fingerprint density at radius 1 is 1.58 bits per heavy atom. The van der Waals surface area contributed by atoms with Gasteiger partial charge in [0.1, 0.15) is 11.6 Å². The molecule has 0 atom stereocenters. The Kier molecular flexibility index (Phi) is 2.41. The van der Waals surface area contributed by atoms with E-state index < -0.39 is 0 Å². The van der Waals surface area contributed by atoms with Crippen LogP contribution in [0.3, 0.4) is 0 Å². The minimum atomic E-state index is 0.282. The van der Waals surface area contributed by atoms with Gasteiger partial charge in [-0.3, -0.25) is 0 Å². The SMILES string of the molecule is COc1c(Cl)ccc(N)c1C#N. The molecule has 2 N–H and O–H groups in total. The molecule has 0 bridgehead atoms. The molecule has 0 aliphatic rings. The number of methoxy groups -OCH3 is 1. The number of nitriles is 1. The third-order valence-electron chi connectivity index (χ3n) is 1.46. The number of ether oxygens (including phenoxy) is 1. The van der Waals surface area contributed by atoms with Gasteiger partial charge in [0.25, 0.3) is 0 Å². The third kappa shape index (κ3) is 1.29. The van der Waals surface area contributed by atoms with E-state index in [1.165, 1.54) is 7.11 Å². The highest BCUT2D eigenvalue weighted by atomic mass is 35.5. The molecule has 0 spiro atoms. The van der Waals surface area contributed by atoms with E-state index in [2.05, 4.69) is 0 Å². The molecule has 0 amide bonds. The van der Waals surface area contributed by atoms with Gasteiger partial charge in [0.05, 0.1) is 17.8 Å². The lowest BCUT2D eigenvalue weighted by Gasteiger charge is -2.06. The number of benzene rings is 1. The molecule has 1 aromatic rings. The summed E-state index contributed by atoms with van der Waals surface area (Å²) in [7, 11) is 1.45. The number of hydrogen-bond acceptors (Lipinski definition) is 3. The smallest absolute Gasteiger partial charge is 0.157 e. The van der Waals surface area contributed by atoms with Crippen LogP contribution in [-0.4, -0.2) is 7.11 Å². The number of hydrogen-bond donors (Lipinski definition) is 1. The Balaban J connectivity index is 3.41. The number of nitrogens with zero attached hydrogens (tertiary/aromatic N) is 1. The van der Waals surface area contributed by atoms with Crippen molar-refractivity contribution in [2.75, 3.05) is 12.8 Å². The third-order valence-corrected chi connectivity index (χ3v) is 1.76. The van der Waals surface area contributed by atoms with E-state index >= 15 is 0 Å². The Morgan fingerprint density at radius 2 is 2.25 bits per heavy atom. The summed E-state index contributed by atoms with van der Waals surface area (Å²) in [6.07, 6.45) is 0. The molecule has 0 aliphatic heterocycles. The lowest BCUT2D eigenvalue weighted by molar-refractivity contribution is 0.414. The van der Waals surface area contributed by atoms with Crippen LogP contribution in [0.4, 0.5) is 5.69 Å². The summed E-state index contributed by atoms with van der Waals surface area (Å²) >= 11 is 5.75. The fourth-order valence-electron chi connectivity index (χ4n) is 0.887. The molecule has 0 saturated carbocycles. The maximum atomic E-state index is 8.69. The van der Waals surface area contributed by atoms with Crippen molar-refractivity contribution < 1.29 is 4.74 Å². The van der Waals surface area contributed by atoms with Crippen LogP contribution in [0.5, 0.6) is 5.75 Å². The van der Waals surface area contributed by atoms with Crippen molar-refractivity contribution in [2.45, 2.75) is 0 Å². The zero-order valence-electron chi connectivity index (χ0n) is 6.47. The Hall–Kier alpha value is -1.40. The normalized spacial score (nSPS) is 9.08. The molecule has 0 unspecified atom stereocenters. The van der Waals surface area contributed by atoms with Crippen LogP contribution in [0.1, 0.15) is 5.56 Å². The molecule has 0 aromatic heterocycles. The quantitative estimate of drug-likeness (QED) is 0.674. The van der Waals surface area contributed by atoms with Gasteiger partial charge < -0.3 is 10.5 Å². The van der Waals surface area contributed by atoms with Crippen molar-refractivity contribution in [3.63, 3.8) is 0 Å². The molecular formula is C8H7ClN2O. The largest absolute Gasteiger partial charge is 0.494 e. The van der Waals surface area contributed by atoms with Crippen molar-refractivity contribution in [3.8, 4) is 11.8 Å². The molecule has 3 nitrogen and oxygen atoms in total. The van der Waals surface area contributed by atoms with Crippen molar-refractivity contribution in [1.29, 1.82) is 5.26 Å². The van der Waals surface area contributed by atoms with Crippen molar-refractivity contribution in [2.24, 2.45) is 0 Å².